The number of benzene rings is 1. The molecule has 4 rings (SSSR count). The van der Waals surface area contributed by atoms with Gasteiger partial charge >= 0.3 is 0 Å². The van der Waals surface area contributed by atoms with E-state index in [0.717, 1.165) is 0 Å². The zero-order valence-electron chi connectivity index (χ0n) is 18.5. The van der Waals surface area contributed by atoms with Gasteiger partial charge in [0.2, 0.25) is 5.78 Å². The van der Waals surface area contributed by atoms with Gasteiger partial charge in [0.05, 0.1) is 23.6 Å². The Morgan fingerprint density at radius 3 is 2.30 bits per heavy atom. The van der Waals surface area contributed by atoms with Crippen molar-refractivity contribution in [1.82, 2.24) is 4.90 Å². The van der Waals surface area contributed by atoms with Crippen LogP contribution >= 0.6 is 0 Å². The van der Waals surface area contributed by atoms with E-state index in [1.165, 1.54) is 25.1 Å². The van der Waals surface area contributed by atoms with Crippen molar-refractivity contribution >= 4 is 17.5 Å². The van der Waals surface area contributed by atoms with Crippen LogP contribution in [0.15, 0.2) is 34.8 Å². The lowest BCUT2D eigenvalue weighted by molar-refractivity contribution is -0.162. The van der Waals surface area contributed by atoms with Gasteiger partial charge in [0, 0.05) is 11.5 Å². The van der Waals surface area contributed by atoms with Gasteiger partial charge in [-0.2, -0.15) is 0 Å². The third-order valence-corrected chi connectivity index (χ3v) is 7.21. The third-order valence-electron chi connectivity index (χ3n) is 7.21. The monoisotopic (exact) mass is 458 g/mol. The number of ketones is 2. The van der Waals surface area contributed by atoms with Gasteiger partial charge in [-0.1, -0.05) is 13.0 Å². The zero-order chi connectivity index (χ0) is 24.7. The van der Waals surface area contributed by atoms with Crippen molar-refractivity contribution in [3.05, 3.63) is 51.5 Å². The molecular weight excluding hydrogens is 432 g/mol. The molecule has 3 aliphatic rings. The third kappa shape index (κ3) is 2.74. The number of aliphatic hydroxyl groups excluding tert-OH is 3. The Kier molecular flexibility index (Phi) is 4.97. The van der Waals surface area contributed by atoms with Gasteiger partial charge in [0.15, 0.2) is 11.4 Å². The first-order valence-corrected chi connectivity index (χ1v) is 10.4. The minimum Gasteiger partial charge on any atom is -0.510 e. The fourth-order valence-corrected chi connectivity index (χ4v) is 5.80. The lowest BCUT2D eigenvalue weighted by Gasteiger charge is -2.53. The van der Waals surface area contributed by atoms with Gasteiger partial charge < -0.3 is 31.3 Å². The highest BCUT2D eigenvalue weighted by Gasteiger charge is 2.67. The Morgan fingerprint density at radius 1 is 1.15 bits per heavy atom. The van der Waals surface area contributed by atoms with Crippen LogP contribution in [0.25, 0.3) is 0 Å². The highest BCUT2D eigenvalue weighted by atomic mass is 16.4. The molecule has 0 saturated carbocycles. The fraction of sp³-hybridized carbons (Fsp3) is 0.435. The Morgan fingerprint density at radius 2 is 1.76 bits per heavy atom. The summed E-state index contributed by atoms with van der Waals surface area (Å²) in [5.41, 5.74) is 2.08. The van der Waals surface area contributed by atoms with Crippen LogP contribution < -0.4 is 5.73 Å². The Labute approximate surface area is 189 Å². The van der Waals surface area contributed by atoms with E-state index in [1.54, 1.807) is 19.9 Å². The number of likely N-dealkylation sites (N-methyl/N-ethyl adjacent to an activating group) is 1. The number of hydrogen-bond acceptors (Lipinski definition) is 9. The maximum Gasteiger partial charge on any atom is 0.255 e. The van der Waals surface area contributed by atoms with E-state index in [0.29, 0.717) is 11.1 Å². The molecule has 10 nitrogen and oxygen atoms in total. The molecule has 33 heavy (non-hydrogen) atoms. The second-order valence-corrected chi connectivity index (χ2v) is 9.30. The van der Waals surface area contributed by atoms with E-state index in [1.807, 2.05) is 0 Å². The minimum atomic E-state index is -2.90. The topological polar surface area (TPSA) is 182 Å². The van der Waals surface area contributed by atoms with Crippen LogP contribution in [0, 0.1) is 18.8 Å². The normalized spacial score (nSPS) is 33.7. The van der Waals surface area contributed by atoms with Crippen LogP contribution in [0.3, 0.4) is 0 Å². The average molecular weight is 458 g/mol. The van der Waals surface area contributed by atoms with Crippen LogP contribution in [-0.4, -0.2) is 79.7 Å². The molecule has 0 saturated heterocycles. The molecule has 0 fully saturated rings. The van der Waals surface area contributed by atoms with Crippen LogP contribution in [0.1, 0.15) is 34.3 Å². The summed E-state index contributed by atoms with van der Waals surface area (Å²) in [7, 11) is 2.98. The van der Waals surface area contributed by atoms with Crippen molar-refractivity contribution in [3.8, 4) is 5.75 Å². The molecule has 1 aromatic rings. The molecule has 10 heteroatoms. The number of aromatic hydroxyl groups is 1. The molecule has 0 radical (unpaired) electrons. The Hall–Kier alpha value is -3.21. The standard InChI is InChI=1S/C23H26N2O8/c1-7-5-9-8(2)11-13(17(27)12(9)10(26)6-7)20(30)23(33)15(18(11)28)16(25(3)4)19(29)14(21(23)31)22(24)32/h5-6,8,11,15-16,18,26,28-30,33H,1-4H3,(H2,24,32)/t8-,11?,15?,16-,18-,23-/m0/s1. The van der Waals surface area contributed by atoms with E-state index in [-0.39, 0.29) is 11.3 Å². The molecule has 2 unspecified atom stereocenters. The second-order valence-electron chi connectivity index (χ2n) is 9.30. The number of phenolic OH excluding ortho intramolecular Hbond substituents is 1. The average Bonchev–Trinajstić information content (AvgIpc) is 2.70. The lowest BCUT2D eigenvalue weighted by atomic mass is 9.55. The molecule has 1 aromatic carbocycles. The van der Waals surface area contributed by atoms with Gasteiger partial charge in [-0.3, -0.25) is 19.3 Å². The van der Waals surface area contributed by atoms with Crippen LogP contribution in [0.2, 0.25) is 0 Å². The van der Waals surface area contributed by atoms with E-state index < -0.39 is 75.6 Å². The molecule has 0 aliphatic heterocycles. The number of nitrogens with two attached hydrogens (primary N) is 1. The van der Waals surface area contributed by atoms with Crippen molar-refractivity contribution < 1.29 is 39.9 Å². The Balaban J connectivity index is 2.06. The zero-order valence-corrected chi connectivity index (χ0v) is 18.5. The molecule has 7 N–H and O–H groups in total. The van der Waals surface area contributed by atoms with Crippen molar-refractivity contribution in [2.75, 3.05) is 14.1 Å². The predicted molar refractivity (Wildman–Crippen MR) is 115 cm³/mol. The molecule has 3 aliphatic carbocycles. The van der Waals surface area contributed by atoms with E-state index in [9.17, 15) is 39.9 Å². The van der Waals surface area contributed by atoms with E-state index in [2.05, 4.69) is 0 Å². The highest BCUT2D eigenvalue weighted by molar-refractivity contribution is 6.25. The first-order valence-electron chi connectivity index (χ1n) is 10.4. The first kappa shape index (κ1) is 23.0. The highest BCUT2D eigenvalue weighted by Crippen LogP contribution is 2.55. The minimum absolute atomic E-state index is 0.0962. The molecule has 0 heterocycles. The van der Waals surface area contributed by atoms with Gasteiger partial charge in [-0.05, 0) is 44.1 Å². The SMILES string of the molecule is Cc1cc(O)c2c(c1)[C@H](C)C1C(=C(O)[C@]3(O)C(=O)C(C(N)=O)=C(O)[C@@H](N(C)C)C3[C@H]1O)C2=O. The van der Waals surface area contributed by atoms with Crippen LogP contribution in [0.4, 0.5) is 0 Å². The lowest BCUT2D eigenvalue weighted by Crippen LogP contribution is -2.68. The number of Topliss-reactive ketones (excluding diaryl/α,β-unsaturated/α-hetero) is 2. The van der Waals surface area contributed by atoms with Crippen LogP contribution in [0.5, 0.6) is 5.75 Å². The summed E-state index contributed by atoms with van der Waals surface area (Å²) in [6, 6.07) is 1.79. The summed E-state index contributed by atoms with van der Waals surface area (Å²) in [5.74, 6) is -8.85. The maximum absolute atomic E-state index is 13.4. The van der Waals surface area contributed by atoms with Crippen molar-refractivity contribution in [3.63, 3.8) is 0 Å². The predicted octanol–water partition coefficient (Wildman–Crippen LogP) is -0.0392. The summed E-state index contributed by atoms with van der Waals surface area (Å²) in [6.07, 6.45) is -1.59. The van der Waals surface area contributed by atoms with Gasteiger partial charge in [-0.25, -0.2) is 0 Å². The van der Waals surface area contributed by atoms with Crippen molar-refractivity contribution in [2.45, 2.75) is 37.5 Å². The number of fused-ring (bicyclic) bond motifs is 3. The fourth-order valence-electron chi connectivity index (χ4n) is 5.80. The molecule has 1 amide bonds. The second kappa shape index (κ2) is 7.14. The number of carbonyl (C=O) groups excluding carboxylic acids is 3. The smallest absolute Gasteiger partial charge is 0.255 e. The summed E-state index contributed by atoms with van der Waals surface area (Å²) in [6.45, 7) is 3.42. The number of phenols is 1. The summed E-state index contributed by atoms with van der Waals surface area (Å²) >= 11 is 0. The van der Waals surface area contributed by atoms with E-state index >= 15 is 0 Å². The largest absolute Gasteiger partial charge is 0.510 e. The number of nitrogens with zero attached hydrogens (tertiary/aromatic N) is 1. The first-order chi connectivity index (χ1) is 15.3. The summed E-state index contributed by atoms with van der Waals surface area (Å²) < 4.78 is 0. The molecule has 6 atom stereocenters. The summed E-state index contributed by atoms with van der Waals surface area (Å²) in [4.78, 5) is 40.0. The maximum atomic E-state index is 13.4. The number of carbonyl (C=O) groups is 3. The number of aryl methyl sites for hydroxylation is 1. The number of aliphatic hydroxyl groups is 4. The van der Waals surface area contributed by atoms with Crippen molar-refractivity contribution in [2.24, 2.45) is 17.6 Å². The number of primary amides is 1. The molecule has 0 spiro atoms. The quantitative estimate of drug-likeness (QED) is 0.331. The summed E-state index contributed by atoms with van der Waals surface area (Å²) in [5, 5.41) is 55.4. The van der Waals surface area contributed by atoms with Gasteiger partial charge in [0.25, 0.3) is 5.91 Å². The molecule has 0 aromatic heterocycles. The van der Waals surface area contributed by atoms with Gasteiger partial charge in [0.1, 0.15) is 22.8 Å². The molecule has 0 bridgehead atoms. The number of hydrogen-bond donors (Lipinski definition) is 6. The molecular formula is C23H26N2O8. The Bertz CT molecular complexity index is 1180. The van der Waals surface area contributed by atoms with Crippen molar-refractivity contribution in [1.29, 1.82) is 0 Å². The number of rotatable bonds is 2. The van der Waals surface area contributed by atoms with Gasteiger partial charge in [-0.15, -0.1) is 0 Å². The number of amides is 1. The van der Waals surface area contributed by atoms with E-state index in [4.69, 9.17) is 5.73 Å². The van der Waals surface area contributed by atoms with Crippen LogP contribution in [-0.2, 0) is 9.59 Å². The molecule has 176 valence electrons.